The van der Waals surface area contributed by atoms with Gasteiger partial charge in [-0.1, -0.05) is 27.7 Å². The fourth-order valence-corrected chi connectivity index (χ4v) is 3.04. The van der Waals surface area contributed by atoms with E-state index >= 15 is 0 Å². The molecule has 0 radical (unpaired) electrons. The van der Waals surface area contributed by atoms with Crippen LogP contribution in [-0.2, 0) is 17.3 Å². The number of rotatable bonds is 4. The Labute approximate surface area is 142 Å². The second-order valence-electron chi connectivity index (χ2n) is 6.72. The molecular weight excluding hydrogens is 312 g/mol. The smallest absolute Gasteiger partial charge is 0.272 e. The van der Waals surface area contributed by atoms with Crippen LogP contribution in [0.1, 0.15) is 50.3 Å². The Morgan fingerprint density at radius 2 is 1.91 bits per heavy atom. The van der Waals surface area contributed by atoms with Gasteiger partial charge in [-0.3, -0.25) is 19.3 Å². The summed E-state index contributed by atoms with van der Waals surface area (Å²) in [6.07, 6.45) is 0.818. The highest BCUT2D eigenvalue weighted by Gasteiger charge is 2.33. The third-order valence-corrected chi connectivity index (χ3v) is 4.71. The van der Waals surface area contributed by atoms with Crippen molar-refractivity contribution < 1.29 is 9.59 Å². The van der Waals surface area contributed by atoms with Crippen molar-refractivity contribution in [2.45, 2.75) is 39.5 Å². The maximum Gasteiger partial charge on any atom is 0.290 e. The van der Waals surface area contributed by atoms with Gasteiger partial charge in [-0.25, -0.2) is 5.01 Å². The number of aryl methyl sites for hydroxylation is 1. The van der Waals surface area contributed by atoms with Crippen LogP contribution < -0.4 is 0 Å². The molecule has 0 atom stereocenters. The molecule has 0 bridgehead atoms. The van der Waals surface area contributed by atoms with Crippen LogP contribution in [-0.4, -0.2) is 56.2 Å². The van der Waals surface area contributed by atoms with Crippen molar-refractivity contribution in [2.75, 3.05) is 24.6 Å². The van der Waals surface area contributed by atoms with Gasteiger partial charge in [0, 0.05) is 25.6 Å². The summed E-state index contributed by atoms with van der Waals surface area (Å²) < 4.78 is 1.62. The lowest BCUT2D eigenvalue weighted by Gasteiger charge is -2.27. The second kappa shape index (κ2) is 6.95. The van der Waals surface area contributed by atoms with Gasteiger partial charge in [-0.2, -0.15) is 16.9 Å². The average molecular weight is 338 g/mol. The third kappa shape index (κ3) is 3.88. The largest absolute Gasteiger partial charge is 0.290 e. The Morgan fingerprint density at radius 3 is 2.48 bits per heavy atom. The molecule has 0 unspecified atom stereocenters. The Kier molecular flexibility index (Phi) is 5.39. The molecule has 0 spiro atoms. The van der Waals surface area contributed by atoms with E-state index in [0.29, 0.717) is 24.5 Å². The van der Waals surface area contributed by atoms with Gasteiger partial charge in [0.1, 0.15) is 5.69 Å². The normalized spacial score (nSPS) is 15.3. The zero-order chi connectivity index (χ0) is 17.2. The summed E-state index contributed by atoms with van der Waals surface area (Å²) in [4.78, 5) is 25.1. The van der Waals surface area contributed by atoms with E-state index in [-0.39, 0.29) is 17.2 Å². The molecule has 6 nitrogen and oxygen atoms in total. The van der Waals surface area contributed by atoms with E-state index < -0.39 is 0 Å². The highest BCUT2D eigenvalue weighted by Crippen LogP contribution is 2.23. The molecule has 1 fully saturated rings. The van der Waals surface area contributed by atoms with E-state index in [1.54, 1.807) is 33.5 Å². The molecule has 0 saturated carbocycles. The van der Waals surface area contributed by atoms with Crippen molar-refractivity contribution in [3.63, 3.8) is 0 Å². The first kappa shape index (κ1) is 17.8. The first-order chi connectivity index (χ1) is 10.8. The molecule has 2 amide bonds. The van der Waals surface area contributed by atoms with Crippen LogP contribution in [0.2, 0.25) is 0 Å². The van der Waals surface area contributed by atoms with E-state index in [0.717, 1.165) is 17.9 Å². The van der Waals surface area contributed by atoms with Crippen LogP contribution in [0.25, 0.3) is 0 Å². The summed E-state index contributed by atoms with van der Waals surface area (Å²) in [7, 11) is 1.78. The molecule has 0 aliphatic carbocycles. The van der Waals surface area contributed by atoms with Crippen LogP contribution in [0.15, 0.2) is 6.07 Å². The number of amides is 2. The molecule has 0 aromatic carbocycles. The maximum absolute atomic E-state index is 12.9. The minimum absolute atomic E-state index is 0.000846. The van der Waals surface area contributed by atoms with Gasteiger partial charge in [0.2, 0.25) is 0 Å². The molecule has 2 heterocycles. The minimum Gasteiger partial charge on any atom is -0.272 e. The van der Waals surface area contributed by atoms with Gasteiger partial charge in [-0.15, -0.1) is 0 Å². The number of aromatic nitrogens is 2. The van der Waals surface area contributed by atoms with Gasteiger partial charge in [0.25, 0.3) is 11.8 Å². The number of carbonyl (C=O) groups excluding carboxylic acids is 2. The molecule has 2 rings (SSSR count). The summed E-state index contributed by atoms with van der Waals surface area (Å²) in [5.41, 5.74) is 1.29. The highest BCUT2D eigenvalue weighted by molar-refractivity contribution is 7.99. The van der Waals surface area contributed by atoms with Gasteiger partial charge in [0.05, 0.1) is 11.4 Å². The zero-order valence-corrected chi connectivity index (χ0v) is 15.4. The molecule has 1 aromatic rings. The van der Waals surface area contributed by atoms with E-state index in [1.165, 1.54) is 0 Å². The van der Waals surface area contributed by atoms with Crippen LogP contribution in [0.5, 0.6) is 0 Å². The lowest BCUT2D eigenvalue weighted by Crippen LogP contribution is -2.46. The van der Waals surface area contributed by atoms with Crippen LogP contribution in [0.3, 0.4) is 0 Å². The van der Waals surface area contributed by atoms with Crippen LogP contribution in [0.4, 0.5) is 0 Å². The molecule has 23 heavy (non-hydrogen) atoms. The van der Waals surface area contributed by atoms with Crippen molar-refractivity contribution in [1.29, 1.82) is 0 Å². The number of hydrogen-bond acceptors (Lipinski definition) is 4. The lowest BCUT2D eigenvalue weighted by molar-refractivity contribution is -0.137. The van der Waals surface area contributed by atoms with Gasteiger partial charge in [-0.05, 0) is 18.2 Å². The fraction of sp³-hybridized carbons (Fsp3) is 0.688. The third-order valence-electron chi connectivity index (χ3n) is 3.85. The summed E-state index contributed by atoms with van der Waals surface area (Å²) >= 11 is 1.58. The molecule has 7 heteroatoms. The quantitative estimate of drug-likeness (QED) is 0.843. The number of hydrogen-bond donors (Lipinski definition) is 0. The first-order valence-corrected chi connectivity index (χ1v) is 9.15. The van der Waals surface area contributed by atoms with Crippen molar-refractivity contribution in [2.24, 2.45) is 7.05 Å². The number of thioether (sulfide) groups is 1. The van der Waals surface area contributed by atoms with E-state index in [2.05, 4.69) is 25.9 Å². The van der Waals surface area contributed by atoms with Crippen molar-refractivity contribution in [3.8, 4) is 0 Å². The molecule has 1 aliphatic rings. The average Bonchev–Trinajstić information content (AvgIpc) is 3.10. The Morgan fingerprint density at radius 1 is 1.26 bits per heavy atom. The van der Waals surface area contributed by atoms with Crippen LogP contribution >= 0.6 is 11.8 Å². The maximum atomic E-state index is 12.9. The van der Waals surface area contributed by atoms with Gasteiger partial charge in [0.15, 0.2) is 0 Å². The van der Waals surface area contributed by atoms with Crippen molar-refractivity contribution in [1.82, 2.24) is 19.8 Å². The summed E-state index contributed by atoms with van der Waals surface area (Å²) in [5.74, 6) is 1.16. The number of carbonyl (C=O) groups is 2. The first-order valence-electron chi connectivity index (χ1n) is 8.00. The summed E-state index contributed by atoms with van der Waals surface area (Å²) in [6, 6.07) is 1.84. The molecule has 128 valence electrons. The van der Waals surface area contributed by atoms with E-state index in [9.17, 15) is 9.59 Å². The SMILES string of the molecule is CCSCC(=O)N1CCCN1C(=O)c1cc(C(C)(C)C)nn1C. The fourth-order valence-electron chi connectivity index (χ4n) is 2.51. The standard InChI is InChI=1S/C16H26N4O2S/c1-6-23-11-14(21)19-8-7-9-20(19)15(22)12-10-13(16(2,3)4)17-18(12)5/h10H,6-9,11H2,1-5H3. The number of hydrazine groups is 1. The molecule has 1 aromatic heterocycles. The Balaban J connectivity index is 2.19. The van der Waals surface area contributed by atoms with Crippen molar-refractivity contribution in [3.05, 3.63) is 17.5 Å². The summed E-state index contributed by atoms with van der Waals surface area (Å²) in [6.45, 7) is 9.41. The summed E-state index contributed by atoms with van der Waals surface area (Å²) in [5, 5.41) is 7.62. The van der Waals surface area contributed by atoms with E-state index in [4.69, 9.17) is 0 Å². The molecular formula is C16H26N4O2S. The number of nitrogens with zero attached hydrogens (tertiary/aromatic N) is 4. The topological polar surface area (TPSA) is 58.4 Å². The van der Waals surface area contributed by atoms with Gasteiger partial charge >= 0.3 is 0 Å². The monoisotopic (exact) mass is 338 g/mol. The predicted octanol–water partition coefficient (Wildman–Crippen LogP) is 2.06. The van der Waals surface area contributed by atoms with Gasteiger partial charge < -0.3 is 0 Å². The van der Waals surface area contributed by atoms with Crippen molar-refractivity contribution >= 4 is 23.6 Å². The Bertz CT molecular complexity index is 591. The lowest BCUT2D eigenvalue weighted by atomic mass is 9.92. The zero-order valence-electron chi connectivity index (χ0n) is 14.6. The second-order valence-corrected chi connectivity index (χ2v) is 8.00. The highest BCUT2D eigenvalue weighted by atomic mass is 32.2. The van der Waals surface area contributed by atoms with Crippen LogP contribution in [0, 0.1) is 0 Å². The van der Waals surface area contributed by atoms with E-state index in [1.807, 2.05) is 13.0 Å². The predicted molar refractivity (Wildman–Crippen MR) is 92.3 cm³/mol. The molecule has 0 N–H and O–H groups in total. The molecule has 1 aliphatic heterocycles. The molecule has 1 saturated heterocycles. The Hall–Kier alpha value is -1.50. The minimum atomic E-state index is -0.150.